The Morgan fingerprint density at radius 1 is 1.27 bits per heavy atom. The third-order valence-corrected chi connectivity index (χ3v) is 5.99. The molecule has 0 spiro atoms. The molecule has 5 rings (SSSR count). The highest BCUT2D eigenvalue weighted by molar-refractivity contribution is 6.34. The number of carbonyl (C=O) groups is 2. The number of nitrogens with zero attached hydrogens (tertiary/aromatic N) is 6. The van der Waals surface area contributed by atoms with Gasteiger partial charge in [-0.3, -0.25) is 19.1 Å². The second-order valence-corrected chi connectivity index (χ2v) is 10.0. The number of hydrogen-bond acceptors (Lipinski definition) is 7. The first-order chi connectivity index (χ1) is 17.6. The average molecular weight is 521 g/mol. The van der Waals surface area contributed by atoms with Crippen molar-refractivity contribution in [1.29, 1.82) is 0 Å². The van der Waals surface area contributed by atoms with Crippen LogP contribution in [0.5, 0.6) is 0 Å². The first-order valence-electron chi connectivity index (χ1n) is 11.6. The zero-order chi connectivity index (χ0) is 26.3. The van der Waals surface area contributed by atoms with Crippen molar-refractivity contribution in [3.63, 3.8) is 0 Å². The van der Waals surface area contributed by atoms with Crippen molar-refractivity contribution in [2.24, 2.45) is 0 Å². The molecule has 0 aliphatic heterocycles. The number of esters is 1. The number of halogens is 1. The minimum Gasteiger partial charge on any atom is -0.460 e. The minimum absolute atomic E-state index is 0.176. The number of aromatic nitrogens is 7. The van der Waals surface area contributed by atoms with Gasteiger partial charge in [0.2, 0.25) is 0 Å². The summed E-state index contributed by atoms with van der Waals surface area (Å²) >= 11 is 6.56. The Morgan fingerprint density at radius 3 is 2.81 bits per heavy atom. The van der Waals surface area contributed by atoms with Gasteiger partial charge in [0.25, 0.3) is 5.91 Å². The minimum atomic E-state index is -0.667. The average Bonchev–Trinajstić information content (AvgIpc) is 3.57. The highest BCUT2D eigenvalue weighted by atomic mass is 35.5. The van der Waals surface area contributed by atoms with Crippen LogP contribution < -0.4 is 5.32 Å². The van der Waals surface area contributed by atoms with E-state index in [2.05, 4.69) is 30.6 Å². The summed E-state index contributed by atoms with van der Waals surface area (Å²) in [4.78, 5) is 34.8. The molecule has 12 heteroatoms. The van der Waals surface area contributed by atoms with E-state index in [4.69, 9.17) is 16.3 Å². The maximum absolute atomic E-state index is 13.7. The van der Waals surface area contributed by atoms with Crippen molar-refractivity contribution in [2.75, 3.05) is 0 Å². The van der Waals surface area contributed by atoms with Gasteiger partial charge in [-0.15, -0.1) is 0 Å². The molecule has 37 heavy (non-hydrogen) atoms. The molecule has 0 aliphatic rings. The van der Waals surface area contributed by atoms with Crippen LogP contribution >= 0.6 is 11.6 Å². The zero-order valence-corrected chi connectivity index (χ0v) is 21.4. The third kappa shape index (κ3) is 4.77. The highest BCUT2D eigenvalue weighted by Gasteiger charge is 2.27. The summed E-state index contributed by atoms with van der Waals surface area (Å²) in [6.45, 7) is 7.20. The largest absolute Gasteiger partial charge is 0.460 e. The van der Waals surface area contributed by atoms with Crippen LogP contribution in [0.1, 0.15) is 55.4 Å². The lowest BCUT2D eigenvalue weighted by atomic mass is 10.0. The van der Waals surface area contributed by atoms with E-state index in [0.29, 0.717) is 10.7 Å². The molecule has 5 aromatic heterocycles. The quantitative estimate of drug-likeness (QED) is 0.325. The number of rotatable bonds is 6. The van der Waals surface area contributed by atoms with Gasteiger partial charge < -0.3 is 10.1 Å². The number of pyridine rings is 1. The molecule has 11 nitrogen and oxygen atoms in total. The molecule has 190 valence electrons. The summed E-state index contributed by atoms with van der Waals surface area (Å²) in [5.41, 5.74) is 3.22. The summed E-state index contributed by atoms with van der Waals surface area (Å²) in [7, 11) is 0. The van der Waals surface area contributed by atoms with Gasteiger partial charge in [0, 0.05) is 29.7 Å². The molecule has 0 saturated heterocycles. The first-order valence-corrected chi connectivity index (χ1v) is 12.0. The predicted molar refractivity (Wildman–Crippen MR) is 136 cm³/mol. The van der Waals surface area contributed by atoms with Crippen molar-refractivity contribution in [3.8, 4) is 11.3 Å². The van der Waals surface area contributed by atoms with Crippen LogP contribution in [0.2, 0.25) is 5.02 Å². The van der Waals surface area contributed by atoms with Crippen molar-refractivity contribution >= 4 is 34.6 Å². The van der Waals surface area contributed by atoms with Crippen LogP contribution in [0.4, 0.5) is 0 Å². The van der Waals surface area contributed by atoms with Crippen LogP contribution in [0.3, 0.4) is 0 Å². The van der Waals surface area contributed by atoms with Gasteiger partial charge in [-0.25, -0.2) is 14.5 Å². The number of aromatic amines is 1. The third-order valence-electron chi connectivity index (χ3n) is 5.69. The smallest absolute Gasteiger partial charge is 0.312 e. The molecule has 5 heterocycles. The van der Waals surface area contributed by atoms with Gasteiger partial charge in [-0.05, 0) is 39.8 Å². The number of nitrogens with one attached hydrogen (secondary N) is 2. The SMILES string of the molecule is CC(NC(=O)c1c(CC(=O)OC(C)(C)C)nn2cccnc12)c1cc(Cl)c2cncn2c1-c1cn[nH]c1. The maximum Gasteiger partial charge on any atom is 0.312 e. The van der Waals surface area contributed by atoms with E-state index in [1.165, 1.54) is 4.52 Å². The van der Waals surface area contributed by atoms with Crippen molar-refractivity contribution in [2.45, 2.75) is 45.8 Å². The molecule has 0 aromatic carbocycles. The number of carbonyl (C=O) groups excluding carboxylic acids is 2. The molecular weight excluding hydrogens is 496 g/mol. The molecule has 0 saturated carbocycles. The van der Waals surface area contributed by atoms with Gasteiger partial charge in [-0.2, -0.15) is 10.2 Å². The van der Waals surface area contributed by atoms with Gasteiger partial charge in [0.05, 0.1) is 53.1 Å². The summed E-state index contributed by atoms with van der Waals surface area (Å²) in [5, 5.41) is 14.9. The van der Waals surface area contributed by atoms with Crippen LogP contribution in [0.25, 0.3) is 22.4 Å². The summed E-state index contributed by atoms with van der Waals surface area (Å²) in [6.07, 6.45) is 9.85. The fourth-order valence-corrected chi connectivity index (χ4v) is 4.49. The van der Waals surface area contributed by atoms with E-state index in [-0.39, 0.29) is 17.7 Å². The number of ether oxygens (including phenoxy) is 1. The fraction of sp³-hybridized carbons (Fsp3) is 0.280. The molecule has 2 N–H and O–H groups in total. The number of fused-ring (bicyclic) bond motifs is 2. The summed E-state index contributed by atoms with van der Waals surface area (Å²) in [5.74, 6) is -0.919. The predicted octanol–water partition coefficient (Wildman–Crippen LogP) is 3.80. The lowest BCUT2D eigenvalue weighted by Crippen LogP contribution is -2.29. The number of hydrogen-bond donors (Lipinski definition) is 2. The van der Waals surface area contributed by atoms with Crippen LogP contribution in [-0.4, -0.2) is 51.7 Å². The second kappa shape index (κ2) is 9.32. The molecule has 0 radical (unpaired) electrons. The molecule has 5 aromatic rings. The van der Waals surface area contributed by atoms with Gasteiger partial charge in [0.15, 0.2) is 5.65 Å². The van der Waals surface area contributed by atoms with Crippen molar-refractivity contribution < 1.29 is 14.3 Å². The van der Waals surface area contributed by atoms with E-state index in [9.17, 15) is 9.59 Å². The molecule has 1 amide bonds. The molecular formula is C25H25ClN8O3. The lowest BCUT2D eigenvalue weighted by molar-refractivity contribution is -0.154. The molecule has 1 unspecified atom stereocenters. The normalized spacial score (nSPS) is 12.7. The number of amides is 1. The number of imidazole rings is 1. The Labute approximate surface area is 216 Å². The first kappa shape index (κ1) is 24.4. The Hall–Kier alpha value is -4.25. The molecule has 0 fully saturated rings. The fourth-order valence-electron chi connectivity index (χ4n) is 4.23. The zero-order valence-electron chi connectivity index (χ0n) is 20.7. The highest BCUT2D eigenvalue weighted by Crippen LogP contribution is 2.33. The Balaban J connectivity index is 1.52. The van der Waals surface area contributed by atoms with Crippen LogP contribution in [0, 0.1) is 0 Å². The topological polar surface area (TPSA) is 132 Å². The summed E-state index contributed by atoms with van der Waals surface area (Å²) in [6, 6.07) is 3.01. The lowest BCUT2D eigenvalue weighted by Gasteiger charge is -2.20. The van der Waals surface area contributed by atoms with Crippen LogP contribution in [-0.2, 0) is 16.0 Å². The number of H-pyrrole nitrogens is 1. The van der Waals surface area contributed by atoms with E-state index >= 15 is 0 Å². The second-order valence-electron chi connectivity index (χ2n) is 9.60. The van der Waals surface area contributed by atoms with Crippen molar-refractivity contribution in [1.82, 2.24) is 39.5 Å². The van der Waals surface area contributed by atoms with Gasteiger partial charge >= 0.3 is 5.97 Å². The molecule has 0 aliphatic carbocycles. The van der Waals surface area contributed by atoms with Crippen molar-refractivity contribution in [3.05, 3.63) is 71.3 Å². The standard InChI is InChI=1S/C25H25ClN8O3/c1-14(16-8-17(26)19-12-27-13-33(19)22(16)15-10-29-30-11-15)31-24(36)21-18(9-20(35)37-25(2,3)4)32-34-7-5-6-28-23(21)34/h5-8,10-14H,9H2,1-4H3,(H,29,30)(H,31,36). The van der Waals surface area contributed by atoms with E-state index in [1.54, 1.807) is 64.1 Å². The summed E-state index contributed by atoms with van der Waals surface area (Å²) < 4.78 is 8.79. The molecule has 0 bridgehead atoms. The molecule has 1 atom stereocenters. The van der Waals surface area contributed by atoms with Gasteiger partial charge in [0.1, 0.15) is 11.2 Å². The maximum atomic E-state index is 13.7. The Morgan fingerprint density at radius 2 is 2.08 bits per heavy atom. The van der Waals surface area contributed by atoms with E-state index in [0.717, 1.165) is 22.3 Å². The van der Waals surface area contributed by atoms with E-state index in [1.807, 2.05) is 17.4 Å². The van der Waals surface area contributed by atoms with E-state index < -0.39 is 23.5 Å². The Bertz CT molecular complexity index is 1610. The Kier molecular flexibility index (Phi) is 6.16. The van der Waals surface area contributed by atoms with Crippen LogP contribution in [0.15, 0.2) is 49.4 Å². The van der Waals surface area contributed by atoms with Gasteiger partial charge in [-0.1, -0.05) is 11.6 Å². The monoisotopic (exact) mass is 520 g/mol.